The van der Waals surface area contributed by atoms with E-state index < -0.39 is 0 Å². The summed E-state index contributed by atoms with van der Waals surface area (Å²) < 4.78 is 0. The van der Waals surface area contributed by atoms with Gasteiger partial charge in [-0.05, 0) is 24.3 Å². The second kappa shape index (κ2) is 4.48. The Morgan fingerprint density at radius 3 is 2.43 bits per heavy atom. The first-order valence-electron chi connectivity index (χ1n) is 5.09. The number of rotatable bonds is 2. The topological polar surface area (TPSA) is 0 Å². The predicted molar refractivity (Wildman–Crippen MR) is 67.1 cm³/mol. The summed E-state index contributed by atoms with van der Waals surface area (Å²) in [7, 11) is 0. The fourth-order valence-corrected chi connectivity index (χ4v) is 1.73. The largest absolute Gasteiger partial charge is 0.0881 e. The first-order chi connectivity index (χ1) is 6.39. The molecule has 1 atom stereocenters. The Morgan fingerprint density at radius 1 is 1.29 bits per heavy atom. The molecule has 0 aliphatic heterocycles. The number of halogens is 1. The fourth-order valence-electron chi connectivity index (χ4n) is 1.35. The van der Waals surface area contributed by atoms with Crippen molar-refractivity contribution in [1.82, 2.24) is 0 Å². The van der Waals surface area contributed by atoms with E-state index in [1.54, 1.807) is 0 Å². The summed E-state index contributed by atoms with van der Waals surface area (Å²) >= 11 is 3.76. The molecular formula is C13H19Br. The summed E-state index contributed by atoms with van der Waals surface area (Å²) in [6, 6.07) is 8.74. The Labute approximate surface area is 95.9 Å². The third-order valence-corrected chi connectivity index (χ3v) is 4.13. The summed E-state index contributed by atoms with van der Waals surface area (Å²) in [5.74, 6) is 0. The van der Waals surface area contributed by atoms with Crippen LogP contribution in [0.4, 0.5) is 0 Å². The Balaban J connectivity index is 2.70. The summed E-state index contributed by atoms with van der Waals surface area (Å²) in [6.07, 6.45) is 1.10. The van der Waals surface area contributed by atoms with Gasteiger partial charge in [0.15, 0.2) is 0 Å². The molecule has 14 heavy (non-hydrogen) atoms. The highest BCUT2D eigenvalue weighted by Crippen LogP contribution is 2.29. The van der Waals surface area contributed by atoms with Gasteiger partial charge in [-0.25, -0.2) is 0 Å². The molecule has 1 unspecified atom stereocenters. The smallest absolute Gasteiger partial charge is 0.0234 e. The van der Waals surface area contributed by atoms with Crippen molar-refractivity contribution < 1.29 is 0 Å². The standard InChI is InChI=1S/C13H19Br/c1-10-6-5-7-11(8-10)9-12(14)13(2,3)4/h5-8,12H,9H2,1-4H3. The molecule has 0 saturated heterocycles. The molecule has 0 heterocycles. The van der Waals surface area contributed by atoms with E-state index in [4.69, 9.17) is 0 Å². The van der Waals surface area contributed by atoms with Gasteiger partial charge < -0.3 is 0 Å². The molecule has 0 amide bonds. The van der Waals surface area contributed by atoms with Gasteiger partial charge >= 0.3 is 0 Å². The van der Waals surface area contributed by atoms with Crippen molar-refractivity contribution in [3.05, 3.63) is 35.4 Å². The molecule has 0 aliphatic carbocycles. The van der Waals surface area contributed by atoms with Gasteiger partial charge in [-0.2, -0.15) is 0 Å². The van der Waals surface area contributed by atoms with Crippen LogP contribution >= 0.6 is 15.9 Å². The molecule has 1 aromatic carbocycles. The molecule has 0 N–H and O–H groups in total. The molecule has 1 heteroatoms. The second-order valence-electron chi connectivity index (χ2n) is 5.03. The summed E-state index contributed by atoms with van der Waals surface area (Å²) in [5, 5.41) is 0. The maximum atomic E-state index is 3.76. The van der Waals surface area contributed by atoms with Crippen molar-refractivity contribution in [3.63, 3.8) is 0 Å². The number of benzene rings is 1. The van der Waals surface area contributed by atoms with Gasteiger partial charge in [0.2, 0.25) is 0 Å². The SMILES string of the molecule is Cc1cccc(CC(Br)C(C)(C)C)c1. The van der Waals surface area contributed by atoms with Crippen molar-refractivity contribution in [2.75, 3.05) is 0 Å². The molecule has 0 bridgehead atoms. The highest BCUT2D eigenvalue weighted by Gasteiger charge is 2.21. The van der Waals surface area contributed by atoms with E-state index in [9.17, 15) is 0 Å². The average Bonchev–Trinajstić information content (AvgIpc) is 2.02. The van der Waals surface area contributed by atoms with Crippen molar-refractivity contribution in [3.8, 4) is 0 Å². The van der Waals surface area contributed by atoms with E-state index in [1.807, 2.05) is 0 Å². The normalized spacial score (nSPS) is 14.1. The van der Waals surface area contributed by atoms with Crippen LogP contribution in [0.15, 0.2) is 24.3 Å². The van der Waals surface area contributed by atoms with Gasteiger partial charge in [-0.1, -0.05) is 66.5 Å². The molecule has 0 fully saturated rings. The van der Waals surface area contributed by atoms with Crippen LogP contribution in [0, 0.1) is 12.3 Å². The molecule has 0 radical (unpaired) electrons. The maximum Gasteiger partial charge on any atom is 0.0234 e. The molecule has 78 valence electrons. The number of alkyl halides is 1. The van der Waals surface area contributed by atoms with Gasteiger partial charge in [0.05, 0.1) is 0 Å². The number of hydrogen-bond donors (Lipinski definition) is 0. The summed E-state index contributed by atoms with van der Waals surface area (Å²) in [6.45, 7) is 8.94. The first kappa shape index (κ1) is 11.8. The van der Waals surface area contributed by atoms with Crippen molar-refractivity contribution in [2.24, 2.45) is 5.41 Å². The third-order valence-electron chi connectivity index (χ3n) is 2.44. The summed E-state index contributed by atoms with van der Waals surface area (Å²) in [4.78, 5) is 0.539. The van der Waals surface area contributed by atoms with Crippen LogP contribution in [0.2, 0.25) is 0 Å². The first-order valence-corrected chi connectivity index (χ1v) is 6.01. The lowest BCUT2D eigenvalue weighted by molar-refractivity contribution is 0.398. The minimum absolute atomic E-state index is 0.323. The Kier molecular flexibility index (Phi) is 3.77. The van der Waals surface area contributed by atoms with E-state index >= 15 is 0 Å². The van der Waals surface area contributed by atoms with Gasteiger partial charge in [0.1, 0.15) is 0 Å². The van der Waals surface area contributed by atoms with Crippen LogP contribution in [0.5, 0.6) is 0 Å². The monoisotopic (exact) mass is 254 g/mol. The molecule has 0 spiro atoms. The van der Waals surface area contributed by atoms with Crippen LogP contribution in [-0.4, -0.2) is 4.83 Å². The van der Waals surface area contributed by atoms with E-state index in [1.165, 1.54) is 11.1 Å². The van der Waals surface area contributed by atoms with Crippen LogP contribution in [0.3, 0.4) is 0 Å². The highest BCUT2D eigenvalue weighted by molar-refractivity contribution is 9.09. The second-order valence-corrected chi connectivity index (χ2v) is 6.13. The van der Waals surface area contributed by atoms with Gasteiger partial charge in [0, 0.05) is 4.83 Å². The third kappa shape index (κ3) is 3.45. The maximum absolute atomic E-state index is 3.76. The summed E-state index contributed by atoms with van der Waals surface area (Å²) in [5.41, 5.74) is 3.09. The molecule has 1 aromatic rings. The zero-order valence-electron chi connectivity index (χ0n) is 9.47. The highest BCUT2D eigenvalue weighted by atomic mass is 79.9. The Bertz CT molecular complexity index is 296. The molecule has 0 aromatic heterocycles. The zero-order valence-corrected chi connectivity index (χ0v) is 11.1. The van der Waals surface area contributed by atoms with Crippen molar-refractivity contribution >= 4 is 15.9 Å². The molecule has 0 nitrogen and oxygen atoms in total. The molecule has 1 rings (SSSR count). The van der Waals surface area contributed by atoms with E-state index in [0.29, 0.717) is 10.2 Å². The fraction of sp³-hybridized carbons (Fsp3) is 0.538. The molecule has 0 aliphatic rings. The Hall–Kier alpha value is -0.300. The zero-order chi connectivity index (χ0) is 10.8. The molecule has 0 saturated carbocycles. The van der Waals surface area contributed by atoms with Crippen molar-refractivity contribution in [2.45, 2.75) is 38.9 Å². The van der Waals surface area contributed by atoms with E-state index in [2.05, 4.69) is 67.9 Å². The van der Waals surface area contributed by atoms with E-state index in [-0.39, 0.29) is 0 Å². The number of hydrogen-bond acceptors (Lipinski definition) is 0. The lowest BCUT2D eigenvalue weighted by Crippen LogP contribution is -2.22. The lowest BCUT2D eigenvalue weighted by Gasteiger charge is -2.25. The van der Waals surface area contributed by atoms with Crippen LogP contribution in [0.25, 0.3) is 0 Å². The van der Waals surface area contributed by atoms with Gasteiger partial charge in [-0.15, -0.1) is 0 Å². The van der Waals surface area contributed by atoms with E-state index in [0.717, 1.165) is 6.42 Å². The van der Waals surface area contributed by atoms with Crippen molar-refractivity contribution in [1.29, 1.82) is 0 Å². The lowest BCUT2D eigenvalue weighted by atomic mass is 9.88. The van der Waals surface area contributed by atoms with Crippen LogP contribution in [-0.2, 0) is 6.42 Å². The minimum Gasteiger partial charge on any atom is -0.0881 e. The Morgan fingerprint density at radius 2 is 1.93 bits per heavy atom. The van der Waals surface area contributed by atoms with Gasteiger partial charge in [-0.3, -0.25) is 0 Å². The van der Waals surface area contributed by atoms with Crippen LogP contribution < -0.4 is 0 Å². The van der Waals surface area contributed by atoms with Gasteiger partial charge in [0.25, 0.3) is 0 Å². The quantitative estimate of drug-likeness (QED) is 0.689. The predicted octanol–water partition coefficient (Wildman–Crippen LogP) is 4.35. The minimum atomic E-state index is 0.323. The molecular weight excluding hydrogens is 236 g/mol. The average molecular weight is 255 g/mol. The van der Waals surface area contributed by atoms with Crippen LogP contribution in [0.1, 0.15) is 31.9 Å². The number of aryl methyl sites for hydroxylation is 1.